The molecule has 0 saturated heterocycles. The highest BCUT2D eigenvalue weighted by Gasteiger charge is 2.17. The van der Waals surface area contributed by atoms with Crippen molar-refractivity contribution in [3.63, 3.8) is 0 Å². The summed E-state index contributed by atoms with van der Waals surface area (Å²) in [6, 6.07) is 10.4. The van der Waals surface area contributed by atoms with Crippen molar-refractivity contribution in [1.29, 1.82) is 0 Å². The largest absolute Gasteiger partial charge is 0.481 e. The molecule has 0 aliphatic heterocycles. The Bertz CT molecular complexity index is 412. The zero-order chi connectivity index (χ0) is 14.3. The van der Waals surface area contributed by atoms with Gasteiger partial charge in [0.2, 0.25) is 0 Å². The predicted octanol–water partition coefficient (Wildman–Crippen LogP) is 4.89. The second-order valence-electron chi connectivity index (χ2n) is 4.98. The lowest BCUT2D eigenvalue weighted by molar-refractivity contribution is -0.137. The van der Waals surface area contributed by atoms with Gasteiger partial charge in [-0.15, -0.1) is 11.8 Å². The van der Waals surface area contributed by atoms with Crippen LogP contribution < -0.4 is 0 Å². The van der Waals surface area contributed by atoms with Crippen LogP contribution in [0.5, 0.6) is 0 Å². The first-order valence-electron chi connectivity index (χ1n) is 6.62. The van der Waals surface area contributed by atoms with Gasteiger partial charge < -0.3 is 5.11 Å². The summed E-state index contributed by atoms with van der Waals surface area (Å²) in [6.07, 6.45) is 1.66. The number of carbonyl (C=O) groups is 1. The standard InChI is InChI=1S/C16H22O2S/c1-12(2)16(14-9-5-4-6-10-14)19-13(3)8-7-11-15(17)18/h4-6,9-10,12,16H,3,7-8,11H2,1-2H3,(H,17,18)/t16-/m1/s1. The summed E-state index contributed by atoms with van der Waals surface area (Å²) in [4.78, 5) is 11.6. The molecular weight excluding hydrogens is 256 g/mol. The summed E-state index contributed by atoms with van der Waals surface area (Å²) in [5.41, 5.74) is 1.31. The normalized spacial score (nSPS) is 12.4. The van der Waals surface area contributed by atoms with E-state index in [0.717, 1.165) is 11.3 Å². The maximum atomic E-state index is 10.5. The Balaban J connectivity index is 2.55. The molecule has 1 aromatic rings. The average Bonchev–Trinajstić information content (AvgIpc) is 2.36. The molecule has 0 amide bonds. The fourth-order valence-electron chi connectivity index (χ4n) is 1.91. The fourth-order valence-corrected chi connectivity index (χ4v) is 3.09. The molecule has 0 spiro atoms. The van der Waals surface area contributed by atoms with Crippen molar-refractivity contribution >= 4 is 17.7 Å². The van der Waals surface area contributed by atoms with Crippen molar-refractivity contribution < 1.29 is 9.90 Å². The molecule has 2 nitrogen and oxygen atoms in total. The number of benzene rings is 1. The molecule has 1 aromatic carbocycles. The van der Waals surface area contributed by atoms with E-state index in [2.05, 4.69) is 44.7 Å². The molecule has 0 radical (unpaired) electrons. The monoisotopic (exact) mass is 278 g/mol. The van der Waals surface area contributed by atoms with Gasteiger partial charge in [-0.05, 0) is 29.2 Å². The molecule has 1 atom stereocenters. The summed E-state index contributed by atoms with van der Waals surface area (Å²) in [5, 5.41) is 9.03. The van der Waals surface area contributed by atoms with Crippen LogP contribution in [0.1, 0.15) is 43.9 Å². The van der Waals surface area contributed by atoms with Gasteiger partial charge in [0.15, 0.2) is 0 Å². The molecule has 0 heterocycles. The number of allylic oxidation sites excluding steroid dienone is 1. The third kappa shape index (κ3) is 5.97. The number of thioether (sulfide) groups is 1. The summed E-state index contributed by atoms with van der Waals surface area (Å²) in [5.74, 6) is -0.218. The second kappa shape index (κ2) is 8.05. The maximum absolute atomic E-state index is 10.5. The van der Waals surface area contributed by atoms with Gasteiger partial charge >= 0.3 is 5.97 Å². The van der Waals surface area contributed by atoms with E-state index in [-0.39, 0.29) is 6.42 Å². The van der Waals surface area contributed by atoms with Crippen molar-refractivity contribution in [3.05, 3.63) is 47.4 Å². The van der Waals surface area contributed by atoms with Crippen molar-refractivity contribution in [2.24, 2.45) is 5.92 Å². The van der Waals surface area contributed by atoms with E-state index in [1.54, 1.807) is 11.8 Å². The van der Waals surface area contributed by atoms with Crippen LogP contribution in [0, 0.1) is 5.92 Å². The minimum absolute atomic E-state index is 0.220. The SMILES string of the molecule is C=C(CCCC(=O)O)S[C@@H](c1ccccc1)C(C)C. The lowest BCUT2D eigenvalue weighted by Crippen LogP contribution is -2.03. The Hall–Kier alpha value is -1.22. The minimum Gasteiger partial charge on any atom is -0.481 e. The van der Waals surface area contributed by atoms with Crippen LogP contribution in [0.4, 0.5) is 0 Å². The Morgan fingerprint density at radius 1 is 1.26 bits per heavy atom. The van der Waals surface area contributed by atoms with Crippen LogP contribution >= 0.6 is 11.8 Å². The van der Waals surface area contributed by atoms with Crippen LogP contribution in [0.3, 0.4) is 0 Å². The van der Waals surface area contributed by atoms with Gasteiger partial charge in [0, 0.05) is 11.7 Å². The Labute approximate surface area is 119 Å². The van der Waals surface area contributed by atoms with Gasteiger partial charge in [-0.1, -0.05) is 50.8 Å². The Kier molecular flexibility index (Phi) is 6.71. The zero-order valence-corrected chi connectivity index (χ0v) is 12.5. The molecule has 1 N–H and O–H groups in total. The lowest BCUT2D eigenvalue weighted by atomic mass is 10.0. The Morgan fingerprint density at radius 2 is 1.89 bits per heavy atom. The van der Waals surface area contributed by atoms with Crippen LogP contribution in [0.25, 0.3) is 0 Å². The van der Waals surface area contributed by atoms with E-state index in [1.165, 1.54) is 5.56 Å². The molecule has 0 fully saturated rings. The number of carboxylic acid groups (broad SMARTS) is 1. The molecule has 19 heavy (non-hydrogen) atoms. The van der Waals surface area contributed by atoms with Gasteiger partial charge in [0.05, 0.1) is 0 Å². The first-order chi connectivity index (χ1) is 9.00. The number of hydrogen-bond acceptors (Lipinski definition) is 2. The second-order valence-corrected chi connectivity index (χ2v) is 6.30. The van der Waals surface area contributed by atoms with Gasteiger partial charge in [0.1, 0.15) is 0 Å². The molecule has 0 aromatic heterocycles. The third-order valence-corrected chi connectivity index (χ3v) is 4.48. The van der Waals surface area contributed by atoms with Gasteiger partial charge in [0.25, 0.3) is 0 Å². The predicted molar refractivity (Wildman–Crippen MR) is 82.2 cm³/mol. The minimum atomic E-state index is -0.735. The molecule has 0 bridgehead atoms. The molecule has 1 rings (SSSR count). The van der Waals surface area contributed by atoms with E-state index < -0.39 is 5.97 Å². The van der Waals surface area contributed by atoms with Crippen molar-refractivity contribution in [3.8, 4) is 0 Å². The van der Waals surface area contributed by atoms with E-state index >= 15 is 0 Å². The number of rotatable bonds is 8. The molecule has 0 aliphatic carbocycles. The molecule has 0 unspecified atom stereocenters. The molecule has 0 aliphatic rings. The highest BCUT2D eigenvalue weighted by atomic mass is 32.2. The maximum Gasteiger partial charge on any atom is 0.303 e. The summed E-state index contributed by atoms with van der Waals surface area (Å²) in [6.45, 7) is 8.48. The first kappa shape index (κ1) is 15.8. The van der Waals surface area contributed by atoms with Gasteiger partial charge in [-0.3, -0.25) is 4.79 Å². The lowest BCUT2D eigenvalue weighted by Gasteiger charge is -2.22. The van der Waals surface area contributed by atoms with E-state index in [9.17, 15) is 4.79 Å². The van der Waals surface area contributed by atoms with E-state index in [4.69, 9.17) is 5.11 Å². The van der Waals surface area contributed by atoms with Crippen LogP contribution in [-0.4, -0.2) is 11.1 Å². The smallest absolute Gasteiger partial charge is 0.303 e. The van der Waals surface area contributed by atoms with Crippen molar-refractivity contribution in [1.82, 2.24) is 0 Å². The van der Waals surface area contributed by atoms with Crippen LogP contribution in [0.15, 0.2) is 41.8 Å². The highest BCUT2D eigenvalue weighted by Crippen LogP contribution is 2.40. The van der Waals surface area contributed by atoms with Gasteiger partial charge in [-0.25, -0.2) is 0 Å². The quantitative estimate of drug-likeness (QED) is 0.736. The fraction of sp³-hybridized carbons (Fsp3) is 0.438. The van der Waals surface area contributed by atoms with Gasteiger partial charge in [-0.2, -0.15) is 0 Å². The molecule has 104 valence electrons. The summed E-state index contributed by atoms with van der Waals surface area (Å²) in [7, 11) is 0. The van der Waals surface area contributed by atoms with Crippen molar-refractivity contribution in [2.75, 3.05) is 0 Å². The molecule has 0 saturated carbocycles. The first-order valence-corrected chi connectivity index (χ1v) is 7.50. The number of carboxylic acids is 1. The topological polar surface area (TPSA) is 37.3 Å². The highest BCUT2D eigenvalue weighted by molar-refractivity contribution is 8.03. The summed E-state index contributed by atoms with van der Waals surface area (Å²) < 4.78 is 0. The third-order valence-electron chi connectivity index (χ3n) is 2.87. The van der Waals surface area contributed by atoms with Crippen LogP contribution in [-0.2, 0) is 4.79 Å². The zero-order valence-electron chi connectivity index (χ0n) is 11.6. The number of aliphatic carboxylic acids is 1. The van der Waals surface area contributed by atoms with E-state index in [1.807, 2.05) is 6.07 Å². The molecule has 3 heteroatoms. The van der Waals surface area contributed by atoms with E-state index in [0.29, 0.717) is 17.6 Å². The summed E-state index contributed by atoms with van der Waals surface area (Å²) >= 11 is 1.77. The Morgan fingerprint density at radius 3 is 2.42 bits per heavy atom. The average molecular weight is 278 g/mol. The molecular formula is C16H22O2S. The van der Waals surface area contributed by atoms with Crippen molar-refractivity contribution in [2.45, 2.75) is 38.4 Å². The van der Waals surface area contributed by atoms with Crippen LogP contribution in [0.2, 0.25) is 0 Å². The number of hydrogen-bond donors (Lipinski definition) is 1.